The number of carbonyl (C=O) groups excluding carboxylic acids is 4. The number of benzene rings is 3. The molecule has 0 amide bonds. The van der Waals surface area contributed by atoms with Crippen molar-refractivity contribution in [2.75, 3.05) is 6.61 Å². The molecule has 1 aliphatic rings. The number of aldehydes is 1. The molecule has 0 aromatic heterocycles. The Labute approximate surface area is 244 Å². The van der Waals surface area contributed by atoms with Crippen LogP contribution in [0.4, 0.5) is 0 Å². The minimum absolute atomic E-state index is 0.207. The van der Waals surface area contributed by atoms with Crippen LogP contribution in [0.2, 0.25) is 0 Å². The first kappa shape index (κ1) is 30.2. The summed E-state index contributed by atoms with van der Waals surface area (Å²) in [6, 6.07) is 21.8. The van der Waals surface area contributed by atoms with E-state index in [9.17, 15) is 24.4 Å². The maximum atomic E-state index is 13.3. The second kappa shape index (κ2) is 12.8. The number of carbonyl (C=O) groups is 4. The van der Waals surface area contributed by atoms with Crippen molar-refractivity contribution in [1.29, 1.82) is 5.26 Å². The van der Waals surface area contributed by atoms with Gasteiger partial charge in [-0.15, -0.1) is 0 Å². The number of esters is 3. The van der Waals surface area contributed by atoms with Crippen LogP contribution < -0.4 is 0 Å². The molecule has 4 rings (SSSR count). The highest BCUT2D eigenvalue weighted by atomic mass is 16.7. The lowest BCUT2D eigenvalue weighted by atomic mass is 9.85. The molecule has 2 unspecified atom stereocenters. The lowest BCUT2D eigenvalue weighted by Crippen LogP contribution is -2.53. The standard InChI is InChI=1S/C33H31NO8/c1-20-5-11-23(12-6-20)30(36)39-19-27-29(41-31(37)24-13-7-21(2)8-14-24)33(4,28(40-27)26(17-34)18-35)42-32(38)25-15-9-22(3)10-16-25/h5-16,18,26-29H,19H2,1-4H3/t26?,27?,28-,29-,33+/m1/s1. The van der Waals surface area contributed by atoms with Gasteiger partial charge < -0.3 is 23.7 Å². The highest BCUT2D eigenvalue weighted by Crippen LogP contribution is 2.41. The fourth-order valence-corrected chi connectivity index (χ4v) is 4.72. The van der Waals surface area contributed by atoms with E-state index >= 15 is 0 Å². The first-order valence-electron chi connectivity index (χ1n) is 13.4. The van der Waals surface area contributed by atoms with E-state index in [1.807, 2.05) is 26.8 Å². The van der Waals surface area contributed by atoms with Gasteiger partial charge in [0.1, 0.15) is 31.0 Å². The van der Waals surface area contributed by atoms with Crippen molar-refractivity contribution in [1.82, 2.24) is 0 Å². The monoisotopic (exact) mass is 569 g/mol. The van der Waals surface area contributed by atoms with Crippen LogP contribution in [0.5, 0.6) is 0 Å². The van der Waals surface area contributed by atoms with Gasteiger partial charge in [-0.05, 0) is 64.1 Å². The number of aryl methyl sites for hydroxylation is 3. The summed E-state index contributed by atoms with van der Waals surface area (Å²) in [5.74, 6) is -3.57. The zero-order valence-corrected chi connectivity index (χ0v) is 23.7. The van der Waals surface area contributed by atoms with Gasteiger partial charge in [0, 0.05) is 0 Å². The van der Waals surface area contributed by atoms with Crippen LogP contribution in [-0.4, -0.2) is 54.7 Å². The fourth-order valence-electron chi connectivity index (χ4n) is 4.72. The second-order valence-corrected chi connectivity index (χ2v) is 10.5. The van der Waals surface area contributed by atoms with Crippen molar-refractivity contribution in [2.45, 2.75) is 51.6 Å². The second-order valence-electron chi connectivity index (χ2n) is 10.5. The Balaban J connectivity index is 1.69. The first-order chi connectivity index (χ1) is 20.0. The van der Waals surface area contributed by atoms with E-state index in [0.29, 0.717) is 11.8 Å². The lowest BCUT2D eigenvalue weighted by Gasteiger charge is -2.35. The van der Waals surface area contributed by atoms with Crippen LogP contribution in [0.15, 0.2) is 72.8 Å². The van der Waals surface area contributed by atoms with Crippen molar-refractivity contribution < 1.29 is 38.1 Å². The maximum Gasteiger partial charge on any atom is 0.338 e. The van der Waals surface area contributed by atoms with Gasteiger partial charge in [-0.2, -0.15) is 5.26 Å². The number of ether oxygens (including phenoxy) is 4. The van der Waals surface area contributed by atoms with Gasteiger partial charge >= 0.3 is 17.9 Å². The highest BCUT2D eigenvalue weighted by molar-refractivity contribution is 5.91. The molecule has 1 aliphatic heterocycles. The van der Waals surface area contributed by atoms with Gasteiger partial charge in [0.25, 0.3) is 0 Å². The molecule has 9 heteroatoms. The Morgan fingerprint density at radius 1 is 0.833 bits per heavy atom. The highest BCUT2D eigenvalue weighted by Gasteiger charge is 2.61. The lowest BCUT2D eigenvalue weighted by molar-refractivity contribution is -0.122. The fraction of sp³-hybridized carbons (Fsp3) is 0.303. The molecule has 5 atom stereocenters. The predicted octanol–water partition coefficient (Wildman–Crippen LogP) is 4.72. The number of hydrogen-bond donors (Lipinski definition) is 0. The van der Waals surface area contributed by atoms with Crippen molar-refractivity contribution in [2.24, 2.45) is 5.92 Å². The Morgan fingerprint density at radius 2 is 1.29 bits per heavy atom. The molecule has 0 spiro atoms. The molecular weight excluding hydrogens is 538 g/mol. The third-order valence-electron chi connectivity index (χ3n) is 7.20. The van der Waals surface area contributed by atoms with Crippen LogP contribution in [0.1, 0.15) is 54.7 Å². The Morgan fingerprint density at radius 3 is 1.74 bits per heavy atom. The molecule has 0 saturated carbocycles. The molecule has 0 bridgehead atoms. The third kappa shape index (κ3) is 6.56. The van der Waals surface area contributed by atoms with Gasteiger partial charge in [0.2, 0.25) is 0 Å². The van der Waals surface area contributed by atoms with Gasteiger partial charge in [0.05, 0.1) is 22.8 Å². The van der Waals surface area contributed by atoms with Crippen LogP contribution >= 0.6 is 0 Å². The van der Waals surface area contributed by atoms with Crippen molar-refractivity contribution in [3.63, 3.8) is 0 Å². The van der Waals surface area contributed by atoms with E-state index in [0.717, 1.165) is 16.7 Å². The number of hydrogen-bond acceptors (Lipinski definition) is 9. The minimum Gasteiger partial charge on any atom is -0.459 e. The summed E-state index contributed by atoms with van der Waals surface area (Å²) in [7, 11) is 0. The van der Waals surface area contributed by atoms with E-state index in [-0.39, 0.29) is 11.1 Å². The average Bonchev–Trinajstić information content (AvgIpc) is 3.23. The van der Waals surface area contributed by atoms with Crippen molar-refractivity contribution >= 4 is 24.2 Å². The number of nitrogens with zero attached hydrogens (tertiary/aromatic N) is 1. The predicted molar refractivity (Wildman–Crippen MR) is 151 cm³/mol. The molecule has 0 radical (unpaired) electrons. The molecule has 0 N–H and O–H groups in total. The first-order valence-corrected chi connectivity index (χ1v) is 13.4. The summed E-state index contributed by atoms with van der Waals surface area (Å²) in [5, 5.41) is 9.75. The normalized spacial score (nSPS) is 21.9. The maximum absolute atomic E-state index is 13.3. The molecular formula is C33H31NO8. The van der Waals surface area contributed by atoms with E-state index in [1.165, 1.54) is 6.92 Å². The molecule has 0 aliphatic carbocycles. The molecule has 1 fully saturated rings. The van der Waals surface area contributed by atoms with Crippen LogP contribution in [-0.2, 0) is 23.7 Å². The summed E-state index contributed by atoms with van der Waals surface area (Å²) in [6.07, 6.45) is -3.49. The van der Waals surface area contributed by atoms with E-state index < -0.39 is 54.3 Å². The molecule has 1 saturated heterocycles. The molecule has 1 heterocycles. The van der Waals surface area contributed by atoms with Gasteiger partial charge in [-0.25, -0.2) is 14.4 Å². The smallest absolute Gasteiger partial charge is 0.338 e. The van der Waals surface area contributed by atoms with Gasteiger partial charge in [-0.1, -0.05) is 53.1 Å². The van der Waals surface area contributed by atoms with Crippen molar-refractivity contribution in [3.05, 3.63) is 106 Å². The molecule has 9 nitrogen and oxygen atoms in total. The summed E-state index contributed by atoms with van der Waals surface area (Å²) >= 11 is 0. The van der Waals surface area contributed by atoms with Crippen molar-refractivity contribution in [3.8, 4) is 6.07 Å². The third-order valence-corrected chi connectivity index (χ3v) is 7.20. The van der Waals surface area contributed by atoms with Crippen LogP contribution in [0, 0.1) is 38.0 Å². The summed E-state index contributed by atoms with van der Waals surface area (Å²) < 4.78 is 23.4. The average molecular weight is 570 g/mol. The van der Waals surface area contributed by atoms with Crippen LogP contribution in [0.25, 0.3) is 0 Å². The van der Waals surface area contributed by atoms with E-state index in [2.05, 4.69) is 0 Å². The summed E-state index contributed by atoms with van der Waals surface area (Å²) in [6.45, 7) is 6.64. The Kier molecular flexibility index (Phi) is 9.18. The Bertz CT molecular complexity index is 1490. The summed E-state index contributed by atoms with van der Waals surface area (Å²) in [5.41, 5.74) is 1.71. The van der Waals surface area contributed by atoms with Gasteiger partial charge in [0.15, 0.2) is 11.7 Å². The Hall–Kier alpha value is -4.81. The SMILES string of the molecule is Cc1ccc(C(=O)OCC2O[C@H](C(C#N)C=O)[C@](C)(OC(=O)c3ccc(C)cc3)[C@@H]2OC(=O)c2ccc(C)cc2)cc1. The largest absolute Gasteiger partial charge is 0.459 e. The number of nitriles is 1. The molecule has 216 valence electrons. The topological polar surface area (TPSA) is 129 Å². The molecule has 42 heavy (non-hydrogen) atoms. The molecule has 3 aromatic carbocycles. The zero-order chi connectivity index (χ0) is 30.4. The number of rotatable bonds is 9. The minimum atomic E-state index is -1.81. The molecule has 3 aromatic rings. The van der Waals surface area contributed by atoms with Crippen LogP contribution in [0.3, 0.4) is 0 Å². The van der Waals surface area contributed by atoms with E-state index in [1.54, 1.807) is 72.8 Å². The summed E-state index contributed by atoms with van der Waals surface area (Å²) in [4.78, 5) is 51.3. The van der Waals surface area contributed by atoms with Gasteiger partial charge in [-0.3, -0.25) is 0 Å². The van der Waals surface area contributed by atoms with E-state index in [4.69, 9.17) is 18.9 Å². The zero-order valence-electron chi connectivity index (χ0n) is 23.7. The quantitative estimate of drug-likeness (QED) is 0.204.